The smallest absolute Gasteiger partial charge is 0.313 e. The maximum atomic E-state index is 14.9. The first kappa shape index (κ1) is 40.6. The number of carbonyl (C=O) groups is 4. The summed E-state index contributed by atoms with van der Waals surface area (Å²) in [6, 6.07) is 14.3. The number of halogens is 2. The Balaban J connectivity index is 1.52. The highest BCUT2D eigenvalue weighted by molar-refractivity contribution is 9.09. The number of anilines is 1. The molecule has 3 aliphatic rings. The Morgan fingerprint density at radius 3 is 2.51 bits per heavy atom. The van der Waals surface area contributed by atoms with Gasteiger partial charge in [0, 0.05) is 38.1 Å². The van der Waals surface area contributed by atoms with Crippen LogP contribution in [0.4, 0.5) is 5.69 Å². The van der Waals surface area contributed by atoms with Crippen molar-refractivity contribution in [1.29, 1.82) is 0 Å². The molecule has 8 atom stereocenters. The van der Waals surface area contributed by atoms with Gasteiger partial charge >= 0.3 is 5.97 Å². The van der Waals surface area contributed by atoms with Crippen LogP contribution in [0, 0.1) is 11.8 Å². The van der Waals surface area contributed by atoms with Crippen molar-refractivity contribution in [2.24, 2.45) is 11.8 Å². The van der Waals surface area contributed by atoms with Gasteiger partial charge in [-0.05, 0) is 43.4 Å². The number of para-hydroxylation sites is 1. The van der Waals surface area contributed by atoms with E-state index >= 15 is 0 Å². The summed E-state index contributed by atoms with van der Waals surface area (Å²) in [4.78, 5) is 59.9. The van der Waals surface area contributed by atoms with Gasteiger partial charge in [0.1, 0.15) is 17.7 Å². The van der Waals surface area contributed by atoms with Gasteiger partial charge in [-0.25, -0.2) is 0 Å². The Bertz CT molecular complexity index is 1630. The largest absolute Gasteiger partial charge is 0.455 e. The van der Waals surface area contributed by atoms with E-state index in [1.807, 2.05) is 18.2 Å². The number of likely N-dealkylation sites (tertiary alicyclic amines) is 1. The quantitative estimate of drug-likeness (QED) is 0.0771. The fourth-order valence-corrected chi connectivity index (χ4v) is 9.23. The average Bonchev–Trinajstić information content (AvgIpc) is 3.75. The molecule has 11 nitrogen and oxygen atoms in total. The summed E-state index contributed by atoms with van der Waals surface area (Å²) >= 11 is 10.4. The van der Waals surface area contributed by atoms with Gasteiger partial charge in [0.15, 0.2) is 0 Å². The van der Waals surface area contributed by atoms with E-state index in [1.54, 1.807) is 53.5 Å². The third kappa shape index (κ3) is 8.57. The second-order valence-electron chi connectivity index (χ2n) is 13.7. The lowest BCUT2D eigenvalue weighted by Crippen LogP contribution is -2.57. The van der Waals surface area contributed by atoms with Gasteiger partial charge in [0.05, 0.1) is 41.3 Å². The Labute approximate surface area is 324 Å². The lowest BCUT2D eigenvalue weighted by molar-refractivity contribution is -0.163. The highest BCUT2D eigenvalue weighted by atomic mass is 79.9. The number of allylic oxidation sites excluding steroid dienone is 1. The molecule has 3 fully saturated rings. The first-order chi connectivity index (χ1) is 25.6. The molecule has 2 aromatic rings. The van der Waals surface area contributed by atoms with E-state index < -0.39 is 47.7 Å². The van der Waals surface area contributed by atoms with Gasteiger partial charge < -0.3 is 34.4 Å². The molecule has 0 aliphatic carbocycles. The Morgan fingerprint density at radius 1 is 1.11 bits per heavy atom. The van der Waals surface area contributed by atoms with Gasteiger partial charge in [0.2, 0.25) is 11.8 Å². The van der Waals surface area contributed by atoms with E-state index in [1.165, 1.54) is 12.0 Å². The van der Waals surface area contributed by atoms with Crippen LogP contribution >= 0.6 is 27.5 Å². The molecule has 0 aromatic heterocycles. The molecule has 2 bridgehead atoms. The molecule has 13 heteroatoms. The van der Waals surface area contributed by atoms with E-state index in [0.717, 1.165) is 12.8 Å². The molecule has 5 rings (SSSR count). The number of aliphatic hydroxyl groups excluding tert-OH is 1. The van der Waals surface area contributed by atoms with Crippen LogP contribution in [0.5, 0.6) is 0 Å². The summed E-state index contributed by atoms with van der Waals surface area (Å²) in [5.41, 5.74) is -0.232. The van der Waals surface area contributed by atoms with Crippen molar-refractivity contribution in [1.82, 2.24) is 10.2 Å². The summed E-state index contributed by atoms with van der Waals surface area (Å²) < 4.78 is 18.6. The fraction of sp³-hybridized carbons (Fsp3) is 0.500. The molecule has 2 N–H and O–H groups in total. The van der Waals surface area contributed by atoms with Gasteiger partial charge in [0.25, 0.3) is 5.91 Å². The minimum Gasteiger partial charge on any atom is -0.455 e. The minimum atomic E-state index is -1.34. The van der Waals surface area contributed by atoms with Gasteiger partial charge in [-0.1, -0.05) is 95.0 Å². The summed E-state index contributed by atoms with van der Waals surface area (Å²) in [7, 11) is 1.50. The summed E-state index contributed by atoms with van der Waals surface area (Å²) in [5, 5.41) is 12.6. The molecular weight excluding hydrogens is 766 g/mol. The zero-order valence-corrected chi connectivity index (χ0v) is 32.4. The van der Waals surface area contributed by atoms with Crippen LogP contribution in [-0.2, 0) is 33.4 Å². The number of hydrogen-bond donors (Lipinski definition) is 2. The number of nitrogens with one attached hydrogen (secondary N) is 1. The van der Waals surface area contributed by atoms with Crippen molar-refractivity contribution in [2.45, 2.75) is 79.7 Å². The number of alkyl halides is 1. The molecule has 1 unspecified atom stereocenters. The number of esters is 1. The number of amides is 3. The third-order valence-corrected chi connectivity index (χ3v) is 11.5. The van der Waals surface area contributed by atoms with Crippen LogP contribution in [0.3, 0.4) is 0 Å². The van der Waals surface area contributed by atoms with Crippen molar-refractivity contribution >= 4 is 56.9 Å². The van der Waals surface area contributed by atoms with E-state index in [-0.39, 0.29) is 55.3 Å². The number of rotatable bonds is 20. The summed E-state index contributed by atoms with van der Waals surface area (Å²) in [6.07, 6.45) is 5.24. The molecule has 3 aliphatic heterocycles. The molecule has 53 heavy (non-hydrogen) atoms. The Hall–Kier alpha value is -3.55. The zero-order chi connectivity index (χ0) is 38.1. The van der Waals surface area contributed by atoms with Gasteiger partial charge in [-0.15, -0.1) is 13.2 Å². The highest BCUT2D eigenvalue weighted by Crippen LogP contribution is 2.60. The van der Waals surface area contributed by atoms with Crippen molar-refractivity contribution in [3.05, 3.63) is 90.5 Å². The predicted octanol–water partition coefficient (Wildman–Crippen LogP) is 5.54. The van der Waals surface area contributed by atoms with Crippen molar-refractivity contribution in [2.75, 3.05) is 38.3 Å². The predicted molar refractivity (Wildman–Crippen MR) is 205 cm³/mol. The second kappa shape index (κ2) is 18.7. The van der Waals surface area contributed by atoms with E-state index in [0.29, 0.717) is 42.0 Å². The molecule has 286 valence electrons. The Kier molecular flexibility index (Phi) is 14.3. The molecule has 3 heterocycles. The van der Waals surface area contributed by atoms with E-state index in [9.17, 15) is 24.3 Å². The zero-order valence-electron chi connectivity index (χ0n) is 30.0. The molecule has 3 saturated heterocycles. The number of nitrogens with zero attached hydrogens (tertiary/aromatic N) is 2. The highest BCUT2D eigenvalue weighted by Gasteiger charge is 2.77. The standard InChI is InChI=1S/C40H49BrClN3O8/c1-4-6-20-31(47)43-29(25-51-3)34(26-16-10-9-11-17-26)52-39(50)32-33-37(48)45(22-14-7-8-15-23-46)36(40(33)24-27(41)35(32)53-40)38(49)44(21-5-2)30-19-13-12-18-28(30)42/h4-5,9-13,16-19,27,29,32-36,46H,1-2,6-8,14-15,20-25H2,3H3,(H,43,47)/t27?,29-,32-,33+,34-,35-,36-,40+/m0/s1. The van der Waals surface area contributed by atoms with E-state index in [4.69, 9.17) is 25.8 Å². The van der Waals surface area contributed by atoms with Gasteiger partial charge in [-0.3, -0.25) is 19.2 Å². The van der Waals surface area contributed by atoms with Crippen LogP contribution < -0.4 is 10.2 Å². The van der Waals surface area contributed by atoms with Gasteiger partial charge in [-0.2, -0.15) is 0 Å². The van der Waals surface area contributed by atoms with Crippen molar-refractivity contribution in [3.63, 3.8) is 0 Å². The van der Waals surface area contributed by atoms with Crippen LogP contribution in [0.25, 0.3) is 0 Å². The van der Waals surface area contributed by atoms with Crippen LogP contribution in [0.1, 0.15) is 56.6 Å². The Morgan fingerprint density at radius 2 is 1.83 bits per heavy atom. The number of fused-ring (bicyclic) bond motifs is 1. The normalized spacial score (nSPS) is 25.4. The first-order valence-corrected chi connectivity index (χ1v) is 19.5. The molecule has 1 spiro atoms. The number of ether oxygens (including phenoxy) is 3. The number of methoxy groups -OCH3 is 1. The SMILES string of the molecule is C=CCCC(=O)N[C@@H](COC)[C@@H](OC(=O)[C@@H]1[C@H]2O[C@@]3(CC2Br)[C@H](C(=O)N(CC=C)c2ccccc2Cl)N(CCCCCCO)C(=O)[C@@H]13)c1ccccc1. The number of aliphatic hydroxyl groups is 1. The molecule has 0 radical (unpaired) electrons. The van der Waals surface area contributed by atoms with E-state index in [2.05, 4.69) is 34.4 Å². The molecular formula is C40H49BrClN3O8. The monoisotopic (exact) mass is 813 g/mol. The second-order valence-corrected chi connectivity index (χ2v) is 15.3. The summed E-state index contributed by atoms with van der Waals surface area (Å²) in [6.45, 7) is 8.07. The molecule has 2 aromatic carbocycles. The minimum absolute atomic E-state index is 0.0481. The molecule has 3 amide bonds. The lowest BCUT2D eigenvalue weighted by Gasteiger charge is -2.37. The number of carbonyl (C=O) groups excluding carboxylic acids is 4. The van der Waals surface area contributed by atoms with Crippen molar-refractivity contribution < 1.29 is 38.5 Å². The summed E-state index contributed by atoms with van der Waals surface area (Å²) in [5.74, 6) is -3.71. The number of benzene rings is 2. The number of hydrogen-bond acceptors (Lipinski definition) is 8. The topological polar surface area (TPSA) is 135 Å². The maximum absolute atomic E-state index is 14.9. The van der Waals surface area contributed by atoms with Crippen LogP contribution in [-0.4, -0.2) is 95.7 Å². The number of unbranched alkanes of at least 4 members (excludes halogenated alkanes) is 3. The first-order valence-electron chi connectivity index (χ1n) is 18.2. The average molecular weight is 815 g/mol. The fourth-order valence-electron chi connectivity index (χ4n) is 8.05. The maximum Gasteiger partial charge on any atom is 0.313 e. The van der Waals surface area contributed by atoms with Crippen LogP contribution in [0.15, 0.2) is 79.9 Å². The third-order valence-electron chi connectivity index (χ3n) is 10.3. The van der Waals surface area contributed by atoms with Crippen LogP contribution in [0.2, 0.25) is 5.02 Å². The lowest BCUT2D eigenvalue weighted by atomic mass is 9.70. The molecule has 0 saturated carbocycles. The van der Waals surface area contributed by atoms with Crippen molar-refractivity contribution in [3.8, 4) is 0 Å².